The smallest absolute Gasteiger partial charge is 0.311 e. The van der Waals surface area contributed by atoms with Crippen LogP contribution in [0.4, 0.5) is 0 Å². The third-order valence-corrected chi connectivity index (χ3v) is 10.2. The van der Waals surface area contributed by atoms with Gasteiger partial charge in [0.2, 0.25) is 0 Å². The van der Waals surface area contributed by atoms with Gasteiger partial charge in [-0.05, 0) is 59.3 Å². The molecule has 0 aliphatic rings. The molecule has 0 unspecified atom stereocenters. The molecule has 0 saturated carbocycles. The zero-order valence-electron chi connectivity index (χ0n) is 35.7. The van der Waals surface area contributed by atoms with Crippen LogP contribution in [-0.2, 0) is 14.3 Å². The molecule has 4 nitrogen and oxygen atoms in total. The fourth-order valence-electron chi connectivity index (χ4n) is 6.33. The van der Waals surface area contributed by atoms with Gasteiger partial charge in [0.05, 0.1) is 17.4 Å². The molecular formula is C46H92O4. The van der Waals surface area contributed by atoms with Gasteiger partial charge >= 0.3 is 11.9 Å². The van der Waals surface area contributed by atoms with Crippen LogP contribution in [0.5, 0.6) is 0 Å². The second-order valence-electron chi connectivity index (χ2n) is 18.2. The molecule has 0 aromatic carbocycles. The van der Waals surface area contributed by atoms with E-state index >= 15 is 0 Å². The second kappa shape index (κ2) is 35.0. The molecule has 0 saturated heterocycles. The third-order valence-electron chi connectivity index (χ3n) is 10.2. The first kappa shape index (κ1) is 51.0. The highest BCUT2D eigenvalue weighted by molar-refractivity contribution is 5.75. The Bertz CT molecular complexity index is 733. The van der Waals surface area contributed by atoms with Gasteiger partial charge in [0.1, 0.15) is 0 Å². The van der Waals surface area contributed by atoms with Crippen LogP contribution in [0.1, 0.15) is 255 Å². The number of unbranched alkanes of at least 4 members (excludes halogenated alkanes) is 25. The van der Waals surface area contributed by atoms with Crippen molar-refractivity contribution in [2.75, 3.05) is 6.61 Å². The zero-order chi connectivity index (χ0) is 37.9. The molecule has 0 heterocycles. The third kappa shape index (κ3) is 39.7. The molecule has 4 heteroatoms. The Morgan fingerprint density at radius 1 is 0.440 bits per heavy atom. The number of hydrogen-bond donors (Lipinski definition) is 1. The number of carbonyl (C=O) groups excluding carboxylic acids is 1. The van der Waals surface area contributed by atoms with E-state index in [1.54, 1.807) is 0 Å². The summed E-state index contributed by atoms with van der Waals surface area (Å²) in [6.07, 6.45) is 40.2. The van der Waals surface area contributed by atoms with Gasteiger partial charge in [-0.15, -0.1) is 0 Å². The van der Waals surface area contributed by atoms with E-state index in [-0.39, 0.29) is 11.4 Å². The monoisotopic (exact) mass is 709 g/mol. The highest BCUT2D eigenvalue weighted by Gasteiger charge is 2.26. The average Bonchev–Trinajstić information content (AvgIpc) is 3.03. The van der Waals surface area contributed by atoms with Gasteiger partial charge in [0.15, 0.2) is 0 Å². The Morgan fingerprint density at radius 2 is 0.700 bits per heavy atom. The fourth-order valence-corrected chi connectivity index (χ4v) is 6.33. The minimum absolute atomic E-state index is 0.0765. The van der Waals surface area contributed by atoms with E-state index in [2.05, 4.69) is 27.7 Å². The van der Waals surface area contributed by atoms with Crippen LogP contribution in [-0.4, -0.2) is 23.7 Å². The first-order valence-corrected chi connectivity index (χ1v) is 22.1. The molecule has 0 amide bonds. The summed E-state index contributed by atoms with van der Waals surface area (Å²) in [7, 11) is 0. The van der Waals surface area contributed by atoms with Crippen molar-refractivity contribution in [3.8, 4) is 0 Å². The number of hydrogen-bond acceptors (Lipinski definition) is 3. The molecule has 0 aliphatic carbocycles. The van der Waals surface area contributed by atoms with Gasteiger partial charge < -0.3 is 9.84 Å². The largest absolute Gasteiger partial charge is 0.481 e. The molecule has 0 radical (unpaired) electrons. The Balaban J connectivity index is 0. The molecule has 0 aromatic heterocycles. The highest BCUT2D eigenvalue weighted by Crippen LogP contribution is 2.24. The maximum Gasteiger partial charge on any atom is 0.311 e. The summed E-state index contributed by atoms with van der Waals surface area (Å²) in [5.74, 6) is 1.01. The summed E-state index contributed by atoms with van der Waals surface area (Å²) >= 11 is 0. The molecule has 1 N–H and O–H groups in total. The summed E-state index contributed by atoms with van der Waals surface area (Å²) in [5, 5.41) is 9.08. The SMILES string of the molecule is CC(C)CCCCCCCCCCCCCCCCC(C)(C)C(=O)O.CC(C)CCCCCCCCCCCCCCCOC(=O)C(C)(C)C. The second-order valence-corrected chi connectivity index (χ2v) is 18.2. The number of carbonyl (C=O) groups is 2. The van der Waals surface area contributed by atoms with Crippen molar-refractivity contribution in [2.45, 2.75) is 255 Å². The average molecular weight is 709 g/mol. The first-order valence-electron chi connectivity index (χ1n) is 22.1. The zero-order valence-corrected chi connectivity index (χ0v) is 35.7. The molecule has 0 atom stereocenters. The van der Waals surface area contributed by atoms with Crippen LogP contribution in [0.3, 0.4) is 0 Å². The van der Waals surface area contributed by atoms with E-state index in [4.69, 9.17) is 9.84 Å². The Hall–Kier alpha value is -1.06. The lowest BCUT2D eigenvalue weighted by Gasteiger charge is -2.18. The maximum atomic E-state index is 11.6. The summed E-state index contributed by atoms with van der Waals surface area (Å²) in [6.45, 7) is 19.3. The molecule has 0 aromatic rings. The predicted octanol–water partition coefficient (Wildman–Crippen LogP) is 15.7. The van der Waals surface area contributed by atoms with Gasteiger partial charge in [-0.1, -0.05) is 207 Å². The lowest BCUT2D eigenvalue weighted by Crippen LogP contribution is -2.23. The number of esters is 1. The van der Waals surface area contributed by atoms with Crippen LogP contribution in [0.2, 0.25) is 0 Å². The van der Waals surface area contributed by atoms with Crippen molar-refractivity contribution in [3.63, 3.8) is 0 Å². The van der Waals surface area contributed by atoms with Crippen molar-refractivity contribution in [2.24, 2.45) is 22.7 Å². The van der Waals surface area contributed by atoms with Crippen molar-refractivity contribution in [3.05, 3.63) is 0 Å². The van der Waals surface area contributed by atoms with Crippen molar-refractivity contribution in [1.82, 2.24) is 0 Å². The van der Waals surface area contributed by atoms with Gasteiger partial charge in [0.25, 0.3) is 0 Å². The van der Waals surface area contributed by atoms with E-state index in [9.17, 15) is 9.59 Å². The summed E-state index contributed by atoms with van der Waals surface area (Å²) in [5.41, 5.74) is -0.914. The van der Waals surface area contributed by atoms with Crippen molar-refractivity contribution < 1.29 is 19.4 Å². The number of carboxylic acids is 1. The number of ether oxygens (including phenoxy) is 1. The Labute approximate surface area is 314 Å². The number of rotatable bonds is 34. The molecule has 300 valence electrons. The van der Waals surface area contributed by atoms with E-state index in [1.807, 2.05) is 34.6 Å². The lowest BCUT2D eigenvalue weighted by molar-refractivity contribution is -0.153. The topological polar surface area (TPSA) is 63.6 Å². The van der Waals surface area contributed by atoms with Crippen molar-refractivity contribution >= 4 is 11.9 Å². The molecule has 0 bridgehead atoms. The van der Waals surface area contributed by atoms with Crippen molar-refractivity contribution in [1.29, 1.82) is 0 Å². The van der Waals surface area contributed by atoms with Gasteiger partial charge in [0, 0.05) is 0 Å². The van der Waals surface area contributed by atoms with E-state index in [1.165, 1.54) is 173 Å². The minimum Gasteiger partial charge on any atom is -0.481 e. The quantitative estimate of drug-likeness (QED) is 0.0534. The van der Waals surface area contributed by atoms with Crippen LogP contribution in [0.25, 0.3) is 0 Å². The molecule has 0 rings (SSSR count). The predicted molar refractivity (Wildman–Crippen MR) is 220 cm³/mol. The molecular weight excluding hydrogens is 617 g/mol. The lowest BCUT2D eigenvalue weighted by atomic mass is 9.87. The first-order chi connectivity index (χ1) is 23.7. The molecule has 50 heavy (non-hydrogen) atoms. The van der Waals surface area contributed by atoms with E-state index in [0.29, 0.717) is 6.61 Å². The molecule has 0 aliphatic heterocycles. The normalized spacial score (nSPS) is 12.0. The Morgan fingerprint density at radius 3 is 0.960 bits per heavy atom. The van der Waals surface area contributed by atoms with Gasteiger partial charge in [-0.2, -0.15) is 0 Å². The summed E-state index contributed by atoms with van der Waals surface area (Å²) in [6, 6.07) is 0. The van der Waals surface area contributed by atoms with Crippen LogP contribution >= 0.6 is 0 Å². The van der Waals surface area contributed by atoms with Crippen LogP contribution in [0, 0.1) is 22.7 Å². The van der Waals surface area contributed by atoms with Crippen LogP contribution in [0.15, 0.2) is 0 Å². The highest BCUT2D eigenvalue weighted by atomic mass is 16.5. The maximum absolute atomic E-state index is 11.6. The van der Waals surface area contributed by atoms with E-state index in [0.717, 1.165) is 31.1 Å². The minimum atomic E-state index is -0.664. The standard InChI is InChI=1S/2C23H46O2/c1-21(2)19-17-15-13-11-9-7-6-8-10-12-14-16-18-20-25-22(24)23(3,4)5;1-21(2)19-17-15-13-11-9-7-5-6-8-10-12-14-16-18-20-23(3,4)22(24)25/h21H,6-20H2,1-5H3;21H,5-20H2,1-4H3,(H,24,25). The number of aliphatic carboxylic acids is 1. The van der Waals surface area contributed by atoms with Gasteiger partial charge in [-0.25, -0.2) is 0 Å². The Kier molecular flexibility index (Phi) is 35.7. The summed E-state index contributed by atoms with van der Waals surface area (Å²) in [4.78, 5) is 22.6. The van der Waals surface area contributed by atoms with Crippen LogP contribution < -0.4 is 0 Å². The molecule has 0 spiro atoms. The van der Waals surface area contributed by atoms with Gasteiger partial charge in [-0.3, -0.25) is 9.59 Å². The fraction of sp³-hybridized carbons (Fsp3) is 0.957. The van der Waals surface area contributed by atoms with E-state index < -0.39 is 11.4 Å². The summed E-state index contributed by atoms with van der Waals surface area (Å²) < 4.78 is 5.29. The molecule has 0 fully saturated rings. The number of carboxylic acid groups (broad SMARTS) is 1.